The van der Waals surface area contributed by atoms with E-state index in [2.05, 4.69) is 53.2 Å². The summed E-state index contributed by atoms with van der Waals surface area (Å²) in [6.45, 7) is 3.09. The number of hydrogen-bond acceptors (Lipinski definition) is 20. The molecule has 0 rings (SSSR count). The predicted octanol–water partition coefficient (Wildman–Crippen LogP) is -8.63. The summed E-state index contributed by atoms with van der Waals surface area (Å²) >= 11 is 0. The lowest BCUT2D eigenvalue weighted by Gasteiger charge is -2.30. The lowest BCUT2D eigenvalue weighted by atomic mass is 9.99. The maximum atomic E-state index is 13.8. The van der Waals surface area contributed by atoms with Gasteiger partial charge in [0.15, 0.2) is 6.10 Å². The van der Waals surface area contributed by atoms with Gasteiger partial charge in [-0.25, -0.2) is 0 Å². The molecule has 24 N–H and O–H groups in total. The van der Waals surface area contributed by atoms with E-state index in [1.165, 1.54) is 21.0 Å². The smallest absolute Gasteiger partial charge is 0.252 e. The third-order valence-corrected chi connectivity index (χ3v) is 11.0. The number of hydrogen-bond donors (Lipinski definition) is 20. The minimum absolute atomic E-state index is 0.0291. The van der Waals surface area contributed by atoms with Crippen LogP contribution in [0.15, 0.2) is 0 Å². The van der Waals surface area contributed by atoms with Crippen molar-refractivity contribution in [2.45, 2.75) is 151 Å². The molecule has 0 saturated carbocycles. The van der Waals surface area contributed by atoms with Gasteiger partial charge in [0, 0.05) is 38.5 Å². The van der Waals surface area contributed by atoms with Crippen LogP contribution in [0.2, 0.25) is 0 Å². The average Bonchev–Trinajstić information content (AvgIpc) is 3.31. The van der Waals surface area contributed by atoms with Crippen LogP contribution in [0.3, 0.4) is 0 Å². The van der Waals surface area contributed by atoms with Crippen LogP contribution in [0, 0.1) is 0 Å². The van der Waals surface area contributed by atoms with Gasteiger partial charge in [-0.3, -0.25) is 33.6 Å². The Bertz CT molecular complexity index is 1510. The Morgan fingerprint density at radius 3 is 1.71 bits per heavy atom. The minimum Gasteiger partial charge on any atom is -0.394 e. The second kappa shape index (κ2) is 39.4. The van der Waals surface area contributed by atoms with E-state index in [9.17, 15) is 64.2 Å². The second-order valence-corrected chi connectivity index (χ2v) is 17.3. The summed E-state index contributed by atoms with van der Waals surface area (Å²) in [4.78, 5) is 91.3. The average molecular weight is 1010 g/mol. The molecule has 0 aromatic carbocycles. The largest absolute Gasteiger partial charge is 0.394 e. The molecule has 0 bridgehead atoms. The van der Waals surface area contributed by atoms with Crippen LogP contribution in [-0.2, 0) is 33.6 Å². The topological polar surface area (TPSA) is 465 Å². The molecule has 11 atom stereocenters. The number of carbonyl (C=O) groups excluding carboxylic acids is 7. The van der Waals surface area contributed by atoms with Gasteiger partial charge >= 0.3 is 0 Å². The zero-order valence-electron chi connectivity index (χ0n) is 41.3. The minimum atomic E-state index is -1.99. The molecule has 11 unspecified atom stereocenters. The Balaban J connectivity index is 5.58. The molecule has 0 saturated heterocycles. The fraction of sp³-hybridized carbons (Fsp3) is 0.837. The molecule has 27 nitrogen and oxygen atoms in total. The van der Waals surface area contributed by atoms with Gasteiger partial charge in [0.1, 0.15) is 24.2 Å². The molecule has 0 aliphatic rings. The Morgan fingerprint density at radius 2 is 1.11 bits per heavy atom. The number of aliphatic hydroxyl groups is 6. The van der Waals surface area contributed by atoms with Crippen molar-refractivity contribution < 1.29 is 64.2 Å². The van der Waals surface area contributed by atoms with Gasteiger partial charge in [0.2, 0.25) is 35.4 Å². The van der Waals surface area contributed by atoms with Crippen LogP contribution in [0.5, 0.6) is 0 Å². The Hall–Kier alpha value is -4.23. The Morgan fingerprint density at radius 1 is 0.543 bits per heavy atom. The van der Waals surface area contributed by atoms with Gasteiger partial charge < -0.3 is 107 Å². The van der Waals surface area contributed by atoms with Crippen molar-refractivity contribution in [3.63, 3.8) is 0 Å². The standard InChI is InChI=1S/C43H88N14O13/c1-26(53-43(70)38(65)34(62)19-27(59)11-4-6-13-44)39(66)55-31(23-49-3)41(68)57-37(29(47)12-5-7-14-45)42(69)56-32(25-58)33(61)20-28(60)21-35(63)54-30(22-48-2)40(67)52-24-36(64)51-18-10-17-50-16-9-8-15-46/h26-34,37-38,48-50,58-62,65H,4-25,44-47H2,1-3H3,(H,51,64)(H,52,67)(H,53,70)(H,54,63)(H,55,66)(H,56,69)(H,57,68). The van der Waals surface area contributed by atoms with E-state index in [1.54, 1.807) is 0 Å². The predicted molar refractivity (Wildman–Crippen MR) is 260 cm³/mol. The normalized spacial score (nSPS) is 16.1. The van der Waals surface area contributed by atoms with Crippen LogP contribution in [0.1, 0.15) is 84.0 Å². The van der Waals surface area contributed by atoms with Crippen LogP contribution in [0.25, 0.3) is 0 Å². The summed E-state index contributed by atoms with van der Waals surface area (Å²) in [5.74, 6) is -5.74. The molecule has 0 aromatic rings. The van der Waals surface area contributed by atoms with Gasteiger partial charge in [-0.15, -0.1) is 0 Å². The molecule has 0 spiro atoms. The van der Waals surface area contributed by atoms with E-state index in [0.29, 0.717) is 64.8 Å². The summed E-state index contributed by atoms with van der Waals surface area (Å²) in [7, 11) is 3.01. The summed E-state index contributed by atoms with van der Waals surface area (Å²) in [5.41, 5.74) is 22.9. The first kappa shape index (κ1) is 65.8. The molecule has 27 heteroatoms. The highest BCUT2D eigenvalue weighted by atomic mass is 16.3. The number of nitrogens with two attached hydrogens (primary N) is 4. The monoisotopic (exact) mass is 1010 g/mol. The summed E-state index contributed by atoms with van der Waals surface area (Å²) in [6.07, 6.45) is -4.10. The third-order valence-electron chi connectivity index (χ3n) is 11.0. The van der Waals surface area contributed by atoms with Crippen LogP contribution < -0.4 is 76.1 Å². The van der Waals surface area contributed by atoms with Gasteiger partial charge in [-0.2, -0.15) is 0 Å². The molecule has 0 aliphatic carbocycles. The molecule has 70 heavy (non-hydrogen) atoms. The van der Waals surface area contributed by atoms with Crippen molar-refractivity contribution in [3.8, 4) is 0 Å². The molecule has 0 heterocycles. The molecule has 0 radical (unpaired) electrons. The number of carbonyl (C=O) groups is 7. The zero-order valence-corrected chi connectivity index (χ0v) is 41.3. The Labute approximate surface area is 411 Å². The van der Waals surface area contributed by atoms with E-state index in [1.807, 2.05) is 0 Å². The maximum absolute atomic E-state index is 13.8. The van der Waals surface area contributed by atoms with E-state index in [-0.39, 0.29) is 38.9 Å². The fourth-order valence-corrected chi connectivity index (χ4v) is 6.87. The van der Waals surface area contributed by atoms with Crippen molar-refractivity contribution >= 4 is 41.4 Å². The lowest BCUT2D eigenvalue weighted by molar-refractivity contribution is -0.140. The SMILES string of the molecule is CNCC(NC(=O)CC(O)CC(O)C(CO)NC(=O)C(NC(=O)C(CNC)NC(=O)C(C)NC(=O)C(O)C(O)CC(O)CCCCN)C(N)CCCCN)C(=O)NCC(=O)NCCCNCCCCN. The van der Waals surface area contributed by atoms with Crippen molar-refractivity contribution in [1.82, 2.24) is 53.2 Å². The second-order valence-electron chi connectivity index (χ2n) is 17.3. The molecule has 0 aliphatic heterocycles. The van der Waals surface area contributed by atoms with Gasteiger partial charge in [-0.05, 0) is 105 Å². The number of aliphatic hydroxyl groups excluding tert-OH is 6. The van der Waals surface area contributed by atoms with Gasteiger partial charge in [0.05, 0.1) is 50.0 Å². The maximum Gasteiger partial charge on any atom is 0.252 e. The molecule has 0 aromatic heterocycles. The van der Waals surface area contributed by atoms with Crippen molar-refractivity contribution in [1.29, 1.82) is 0 Å². The highest BCUT2D eigenvalue weighted by Crippen LogP contribution is 2.12. The first-order valence-electron chi connectivity index (χ1n) is 24.2. The number of likely N-dealkylation sites (N-methyl/N-ethyl adjacent to an activating group) is 2. The van der Waals surface area contributed by atoms with E-state index >= 15 is 0 Å². The molecule has 408 valence electrons. The number of unbranched alkanes of at least 4 members (excludes halogenated alkanes) is 3. The zero-order chi connectivity index (χ0) is 53.0. The quantitative estimate of drug-likeness (QED) is 0.0253. The fourth-order valence-electron chi connectivity index (χ4n) is 6.87. The van der Waals surface area contributed by atoms with Gasteiger partial charge in [0.25, 0.3) is 5.91 Å². The molecular weight excluding hydrogens is 921 g/mol. The summed E-state index contributed by atoms with van der Waals surface area (Å²) in [6, 6.07) is -7.88. The first-order valence-corrected chi connectivity index (χ1v) is 24.2. The van der Waals surface area contributed by atoms with Crippen LogP contribution in [0.4, 0.5) is 0 Å². The number of amides is 7. The number of rotatable bonds is 42. The van der Waals surface area contributed by atoms with E-state index in [4.69, 9.17) is 22.9 Å². The summed E-state index contributed by atoms with van der Waals surface area (Å²) in [5, 5.41) is 88.7. The van der Waals surface area contributed by atoms with Crippen LogP contribution in [-0.4, -0.2) is 218 Å². The summed E-state index contributed by atoms with van der Waals surface area (Å²) < 4.78 is 0. The first-order chi connectivity index (χ1) is 33.3. The van der Waals surface area contributed by atoms with Gasteiger partial charge in [-0.1, -0.05) is 6.42 Å². The third kappa shape index (κ3) is 29.2. The van der Waals surface area contributed by atoms with Crippen LogP contribution >= 0.6 is 0 Å². The molecule has 0 fully saturated rings. The molecular formula is C43H88N14O13. The molecule has 7 amide bonds. The highest BCUT2D eigenvalue weighted by molar-refractivity contribution is 5.95. The van der Waals surface area contributed by atoms with Crippen molar-refractivity contribution in [2.75, 3.05) is 79.6 Å². The van der Waals surface area contributed by atoms with E-state index in [0.717, 1.165) is 19.4 Å². The lowest BCUT2D eigenvalue weighted by Crippen LogP contribution is -2.63. The van der Waals surface area contributed by atoms with Crippen molar-refractivity contribution in [3.05, 3.63) is 0 Å². The van der Waals surface area contributed by atoms with Crippen molar-refractivity contribution in [2.24, 2.45) is 22.9 Å². The Kier molecular flexibility index (Phi) is 37.0. The van der Waals surface area contributed by atoms with E-state index < -0.39 is 128 Å². The highest BCUT2D eigenvalue weighted by Gasteiger charge is 2.35. The number of nitrogens with one attached hydrogen (secondary N) is 10.